The number of hydrogen-bond acceptors (Lipinski definition) is 4. The molecule has 0 saturated carbocycles. The van der Waals surface area contributed by atoms with Gasteiger partial charge in [-0.2, -0.15) is 8.42 Å². The van der Waals surface area contributed by atoms with Gasteiger partial charge in [-0.15, -0.1) is 0 Å². The monoisotopic (exact) mass is 246 g/mol. The minimum Gasteiger partial charge on any atom is -0.371 e. The zero-order valence-electron chi connectivity index (χ0n) is 8.87. The zero-order valence-corrected chi connectivity index (χ0v) is 9.68. The van der Waals surface area contributed by atoms with Crippen LogP contribution in [0.4, 0.5) is 0 Å². The van der Waals surface area contributed by atoms with Crippen molar-refractivity contribution in [3.05, 3.63) is 35.9 Å². The first-order valence-corrected chi connectivity index (χ1v) is 6.09. The summed E-state index contributed by atoms with van der Waals surface area (Å²) < 4.78 is 36.2. The minimum absolute atomic E-state index is 0.0845. The van der Waals surface area contributed by atoms with E-state index < -0.39 is 10.4 Å². The van der Waals surface area contributed by atoms with E-state index >= 15 is 0 Å². The molecule has 1 heterocycles. The molecule has 1 unspecified atom stereocenters. The Morgan fingerprint density at radius 1 is 1.44 bits per heavy atom. The van der Waals surface area contributed by atoms with Crippen LogP contribution in [0.15, 0.2) is 30.3 Å². The Morgan fingerprint density at radius 3 is 2.31 bits per heavy atom. The van der Waals surface area contributed by atoms with Crippen molar-refractivity contribution < 1.29 is 21.9 Å². The summed E-state index contributed by atoms with van der Waals surface area (Å²) >= 11 is 0. The molecule has 2 rings (SSSR count). The van der Waals surface area contributed by atoms with Crippen molar-refractivity contribution in [3.63, 3.8) is 0 Å². The second-order valence-electron chi connectivity index (χ2n) is 3.32. The van der Waals surface area contributed by atoms with Crippen molar-refractivity contribution in [2.24, 2.45) is 0 Å². The molecular weight excluding hydrogens is 232 g/mol. The molecule has 0 spiro atoms. The number of benzene rings is 1. The van der Waals surface area contributed by atoms with Crippen LogP contribution >= 0.6 is 0 Å². The lowest BCUT2D eigenvalue weighted by Crippen LogP contribution is -2.08. The van der Waals surface area contributed by atoms with Gasteiger partial charge in [-0.05, 0) is 6.92 Å². The average molecular weight is 246 g/mol. The highest BCUT2D eigenvalue weighted by Crippen LogP contribution is 2.09. The van der Waals surface area contributed by atoms with E-state index in [9.17, 15) is 8.42 Å². The van der Waals surface area contributed by atoms with E-state index in [1.807, 2.05) is 18.2 Å². The molecule has 16 heavy (non-hydrogen) atoms. The molecule has 1 saturated heterocycles. The number of rotatable bonds is 3. The highest BCUT2D eigenvalue weighted by atomic mass is 32.3. The van der Waals surface area contributed by atoms with Gasteiger partial charge in [0.15, 0.2) is 0 Å². The van der Waals surface area contributed by atoms with Gasteiger partial charge in [0.25, 0.3) is 0 Å². The molecule has 1 aromatic rings. The van der Waals surface area contributed by atoms with Crippen LogP contribution in [-0.2, 0) is 19.3 Å². The fraction of sp³-hybridized carbons (Fsp3) is 0.400. The standard InChI is InChI=1S/C7H8.C3H6O5S/c1-7-5-3-2-4-6-7;4-9(5,6)8-2-3-1-7-3/h2-6H,1H3;3H,1-2H2,(H,4,5,6). The Labute approximate surface area is 95.0 Å². The predicted molar refractivity (Wildman–Crippen MR) is 58.4 cm³/mol. The van der Waals surface area contributed by atoms with Crippen molar-refractivity contribution >= 4 is 10.4 Å². The molecule has 1 atom stereocenters. The van der Waals surface area contributed by atoms with Gasteiger partial charge in [0.2, 0.25) is 0 Å². The molecule has 0 bridgehead atoms. The number of ether oxygens (including phenoxy) is 1. The van der Waals surface area contributed by atoms with Crippen LogP contribution in [0.1, 0.15) is 5.56 Å². The van der Waals surface area contributed by atoms with Gasteiger partial charge < -0.3 is 4.74 Å². The van der Waals surface area contributed by atoms with Crippen molar-refractivity contribution in [3.8, 4) is 0 Å². The van der Waals surface area contributed by atoms with Crippen molar-refractivity contribution in [1.82, 2.24) is 0 Å². The number of hydrogen-bond donors (Lipinski definition) is 1. The third-order valence-corrected chi connectivity index (χ3v) is 2.18. The van der Waals surface area contributed by atoms with Crippen LogP contribution in [0.2, 0.25) is 0 Å². The molecule has 1 fully saturated rings. The first kappa shape index (κ1) is 13.1. The molecule has 6 heteroatoms. The maximum Gasteiger partial charge on any atom is 0.397 e. The summed E-state index contributed by atoms with van der Waals surface area (Å²) in [5.41, 5.74) is 1.32. The molecule has 1 aromatic carbocycles. The van der Waals surface area contributed by atoms with Crippen LogP contribution in [0, 0.1) is 6.92 Å². The molecular formula is C10H14O5S. The van der Waals surface area contributed by atoms with E-state index in [4.69, 9.17) is 4.55 Å². The maximum atomic E-state index is 9.84. The summed E-state index contributed by atoms with van der Waals surface area (Å²) in [6.45, 7) is 2.51. The van der Waals surface area contributed by atoms with E-state index in [-0.39, 0.29) is 12.7 Å². The minimum atomic E-state index is -4.26. The predicted octanol–water partition coefficient (Wildman–Crippen LogP) is 1.20. The molecule has 1 aliphatic heterocycles. The lowest BCUT2D eigenvalue weighted by molar-refractivity contribution is 0.236. The summed E-state index contributed by atoms with van der Waals surface area (Å²) in [7, 11) is -4.26. The van der Waals surface area contributed by atoms with Crippen molar-refractivity contribution in [2.45, 2.75) is 13.0 Å². The van der Waals surface area contributed by atoms with Gasteiger partial charge in [0.1, 0.15) is 6.10 Å². The fourth-order valence-corrected chi connectivity index (χ4v) is 1.18. The first-order chi connectivity index (χ1) is 7.47. The van der Waals surface area contributed by atoms with Gasteiger partial charge in [-0.3, -0.25) is 4.55 Å². The summed E-state index contributed by atoms with van der Waals surface area (Å²) in [4.78, 5) is 0. The molecule has 1 aliphatic rings. The van der Waals surface area contributed by atoms with Gasteiger partial charge in [0.05, 0.1) is 13.2 Å². The molecule has 1 N–H and O–H groups in total. The molecule has 0 amide bonds. The first-order valence-electron chi connectivity index (χ1n) is 4.72. The zero-order chi connectivity index (χ0) is 12.0. The van der Waals surface area contributed by atoms with Crippen LogP contribution in [0.5, 0.6) is 0 Å². The third-order valence-electron chi connectivity index (χ3n) is 1.75. The Hall–Kier alpha value is -0.950. The largest absolute Gasteiger partial charge is 0.397 e. The van der Waals surface area contributed by atoms with Crippen LogP contribution < -0.4 is 0 Å². The number of aryl methyl sites for hydroxylation is 1. The van der Waals surface area contributed by atoms with Crippen molar-refractivity contribution in [2.75, 3.05) is 13.2 Å². The topological polar surface area (TPSA) is 76.1 Å². The van der Waals surface area contributed by atoms with Crippen LogP contribution in [0.3, 0.4) is 0 Å². The van der Waals surface area contributed by atoms with Gasteiger partial charge in [-0.25, -0.2) is 4.18 Å². The lowest BCUT2D eigenvalue weighted by Gasteiger charge is -1.92. The maximum absolute atomic E-state index is 9.84. The molecule has 0 aliphatic carbocycles. The van der Waals surface area contributed by atoms with E-state index in [1.165, 1.54) is 5.56 Å². The summed E-state index contributed by atoms with van der Waals surface area (Å²) in [5, 5.41) is 0. The summed E-state index contributed by atoms with van der Waals surface area (Å²) in [5.74, 6) is 0. The van der Waals surface area contributed by atoms with E-state index in [2.05, 4.69) is 28.0 Å². The quantitative estimate of drug-likeness (QED) is 0.640. The lowest BCUT2D eigenvalue weighted by atomic mass is 10.2. The summed E-state index contributed by atoms with van der Waals surface area (Å²) in [6, 6.07) is 10.3. The third kappa shape index (κ3) is 7.36. The second-order valence-corrected chi connectivity index (χ2v) is 4.41. The molecule has 0 radical (unpaired) electrons. The second kappa shape index (κ2) is 5.95. The summed E-state index contributed by atoms with van der Waals surface area (Å²) in [6.07, 6.45) is -0.146. The Balaban J connectivity index is 0.000000165. The van der Waals surface area contributed by atoms with E-state index in [1.54, 1.807) is 0 Å². The highest BCUT2D eigenvalue weighted by molar-refractivity contribution is 7.80. The smallest absolute Gasteiger partial charge is 0.371 e. The molecule has 90 valence electrons. The highest BCUT2D eigenvalue weighted by Gasteiger charge is 2.24. The normalized spacial score (nSPS) is 18.5. The van der Waals surface area contributed by atoms with Crippen LogP contribution in [0.25, 0.3) is 0 Å². The Morgan fingerprint density at radius 2 is 2.00 bits per heavy atom. The van der Waals surface area contributed by atoms with E-state index in [0.717, 1.165) is 0 Å². The SMILES string of the molecule is Cc1ccccc1.O=S(=O)(O)OCC1CO1. The molecule has 0 aromatic heterocycles. The van der Waals surface area contributed by atoms with Gasteiger partial charge >= 0.3 is 10.4 Å². The van der Waals surface area contributed by atoms with E-state index in [0.29, 0.717) is 6.61 Å². The number of epoxide rings is 1. The van der Waals surface area contributed by atoms with Crippen molar-refractivity contribution in [1.29, 1.82) is 0 Å². The molecule has 5 nitrogen and oxygen atoms in total. The van der Waals surface area contributed by atoms with Gasteiger partial charge in [0, 0.05) is 0 Å². The Kier molecular flexibility index (Phi) is 4.88. The Bertz CT molecular complexity index is 396. The average Bonchev–Trinajstić information content (AvgIpc) is 2.99. The fourth-order valence-electron chi connectivity index (χ4n) is 0.861. The van der Waals surface area contributed by atoms with Crippen LogP contribution in [-0.4, -0.2) is 32.3 Å². The van der Waals surface area contributed by atoms with Gasteiger partial charge in [-0.1, -0.05) is 35.9 Å².